The minimum atomic E-state index is -4.09. The van der Waals surface area contributed by atoms with Gasteiger partial charge in [0.15, 0.2) is 5.37 Å². The fourth-order valence-corrected chi connectivity index (χ4v) is 5.43. The molecule has 4 rings (SSSR count). The number of benzene rings is 2. The Labute approximate surface area is 198 Å². The highest BCUT2D eigenvalue weighted by Gasteiger charge is 2.34. The first kappa shape index (κ1) is 23.8. The number of carbonyl (C=O) groups is 1. The van der Waals surface area contributed by atoms with Crippen LogP contribution >= 0.6 is 0 Å². The summed E-state index contributed by atoms with van der Waals surface area (Å²) in [6.45, 7) is 2.54. The lowest BCUT2D eigenvalue weighted by atomic mass is 10.1. The number of ether oxygens (including phenoxy) is 1. The van der Waals surface area contributed by atoms with Gasteiger partial charge in [0.1, 0.15) is 17.7 Å². The molecule has 1 aliphatic rings. The molecule has 1 saturated heterocycles. The van der Waals surface area contributed by atoms with Crippen LogP contribution in [0, 0.1) is 5.82 Å². The van der Waals surface area contributed by atoms with Crippen LogP contribution in [0.5, 0.6) is 5.75 Å². The van der Waals surface area contributed by atoms with Gasteiger partial charge in [-0.1, -0.05) is 18.2 Å². The number of pyridine rings is 1. The number of carbonyl (C=O) groups excluding carboxylic acids is 1. The molecule has 3 aromatic rings. The summed E-state index contributed by atoms with van der Waals surface area (Å²) in [5, 5.41) is 4.40. The van der Waals surface area contributed by atoms with E-state index in [-0.39, 0.29) is 11.0 Å². The summed E-state index contributed by atoms with van der Waals surface area (Å²) in [5.41, 5.74) is 1.06. The van der Waals surface area contributed by atoms with Crippen molar-refractivity contribution < 1.29 is 22.3 Å². The first-order valence-electron chi connectivity index (χ1n) is 11.1. The highest BCUT2D eigenvalue weighted by molar-refractivity contribution is 7.91. The molecule has 9 heteroatoms. The Morgan fingerprint density at radius 3 is 2.62 bits per heavy atom. The Balaban J connectivity index is 1.66. The van der Waals surface area contributed by atoms with E-state index >= 15 is 0 Å². The first-order valence-corrected chi connectivity index (χ1v) is 12.6. The van der Waals surface area contributed by atoms with Gasteiger partial charge in [-0.05, 0) is 80.4 Å². The maximum Gasteiger partial charge on any atom is 0.238 e. The Hall–Kier alpha value is -3.30. The molecule has 1 amide bonds. The molecule has 1 fully saturated rings. The highest BCUT2D eigenvalue weighted by atomic mass is 32.2. The molecule has 34 heavy (non-hydrogen) atoms. The quantitative estimate of drug-likeness (QED) is 0.474. The average molecular weight is 484 g/mol. The number of hydrogen-bond acceptors (Lipinski definition) is 6. The fourth-order valence-electron chi connectivity index (χ4n) is 3.87. The molecule has 2 N–H and O–H groups in total. The Kier molecular flexibility index (Phi) is 7.23. The van der Waals surface area contributed by atoms with E-state index in [9.17, 15) is 17.6 Å². The van der Waals surface area contributed by atoms with E-state index in [1.807, 2.05) is 25.1 Å². The van der Waals surface area contributed by atoms with E-state index in [4.69, 9.17) is 4.74 Å². The van der Waals surface area contributed by atoms with Crippen molar-refractivity contribution in [3.63, 3.8) is 0 Å². The van der Waals surface area contributed by atoms with Crippen LogP contribution in [-0.2, 0) is 14.6 Å². The van der Waals surface area contributed by atoms with Crippen LogP contribution in [0.25, 0.3) is 0 Å². The largest absolute Gasteiger partial charge is 0.484 e. The number of halogens is 1. The smallest absolute Gasteiger partial charge is 0.238 e. The summed E-state index contributed by atoms with van der Waals surface area (Å²) in [5.74, 6) is -0.516. The summed E-state index contributed by atoms with van der Waals surface area (Å²) in [6.07, 6.45) is 2.76. The summed E-state index contributed by atoms with van der Waals surface area (Å²) in [4.78, 5) is 17.1. The van der Waals surface area contributed by atoms with Gasteiger partial charge < -0.3 is 15.4 Å². The van der Waals surface area contributed by atoms with Gasteiger partial charge in [-0.25, -0.2) is 12.8 Å². The molecule has 178 valence electrons. The lowest BCUT2D eigenvalue weighted by Gasteiger charge is -2.23. The Morgan fingerprint density at radius 2 is 1.94 bits per heavy atom. The first-order chi connectivity index (χ1) is 16.3. The van der Waals surface area contributed by atoms with Gasteiger partial charge in [0, 0.05) is 6.20 Å². The third-order valence-electron chi connectivity index (χ3n) is 5.68. The number of sulfone groups is 1. The molecule has 2 heterocycles. The van der Waals surface area contributed by atoms with Crippen LogP contribution in [0.15, 0.2) is 77.8 Å². The normalized spacial score (nSPS) is 17.6. The number of hydrogen-bond donors (Lipinski definition) is 2. The molecule has 1 aromatic heterocycles. The Morgan fingerprint density at radius 1 is 1.15 bits per heavy atom. The van der Waals surface area contributed by atoms with Crippen molar-refractivity contribution in [2.45, 2.75) is 42.2 Å². The third-order valence-corrected chi connectivity index (χ3v) is 7.62. The third kappa shape index (κ3) is 5.43. The molecule has 0 spiro atoms. The molecule has 0 saturated carbocycles. The van der Waals surface area contributed by atoms with E-state index in [1.165, 1.54) is 12.1 Å². The van der Waals surface area contributed by atoms with Crippen molar-refractivity contribution in [1.29, 1.82) is 0 Å². The van der Waals surface area contributed by atoms with E-state index in [2.05, 4.69) is 15.6 Å². The molecule has 3 atom stereocenters. The van der Waals surface area contributed by atoms with Crippen molar-refractivity contribution in [1.82, 2.24) is 15.6 Å². The molecule has 0 aliphatic carbocycles. The van der Waals surface area contributed by atoms with E-state index < -0.39 is 33.0 Å². The summed E-state index contributed by atoms with van der Waals surface area (Å²) in [7, 11) is -4.09. The average Bonchev–Trinajstić information content (AvgIpc) is 3.38. The summed E-state index contributed by atoms with van der Waals surface area (Å²) >= 11 is 0. The maximum absolute atomic E-state index is 13.5. The van der Waals surface area contributed by atoms with Crippen molar-refractivity contribution in [3.8, 4) is 5.75 Å². The van der Waals surface area contributed by atoms with Crippen molar-refractivity contribution in [3.05, 3.63) is 90.0 Å². The van der Waals surface area contributed by atoms with Gasteiger partial charge in [-0.3, -0.25) is 9.78 Å². The van der Waals surface area contributed by atoms with Crippen LogP contribution in [-0.4, -0.2) is 31.9 Å². The lowest BCUT2D eigenvalue weighted by Crippen LogP contribution is -2.44. The lowest BCUT2D eigenvalue weighted by molar-refractivity contribution is -0.123. The minimum Gasteiger partial charge on any atom is -0.484 e. The van der Waals surface area contributed by atoms with Gasteiger partial charge in [0.2, 0.25) is 15.7 Å². The van der Waals surface area contributed by atoms with Gasteiger partial charge in [-0.2, -0.15) is 0 Å². The second kappa shape index (κ2) is 10.3. The molecule has 7 nitrogen and oxygen atoms in total. The van der Waals surface area contributed by atoms with Crippen LogP contribution in [0.1, 0.15) is 42.5 Å². The molecular formula is C25H26FN3O4S. The van der Waals surface area contributed by atoms with Gasteiger partial charge in [-0.15, -0.1) is 0 Å². The maximum atomic E-state index is 13.5. The van der Waals surface area contributed by atoms with Crippen LogP contribution < -0.4 is 15.4 Å². The topological polar surface area (TPSA) is 97.4 Å². The minimum absolute atomic E-state index is 0.0910. The van der Waals surface area contributed by atoms with Crippen molar-refractivity contribution >= 4 is 15.7 Å². The molecule has 1 unspecified atom stereocenters. The zero-order valence-electron chi connectivity index (χ0n) is 18.6. The number of amides is 1. The number of nitrogens with zero attached hydrogens (tertiary/aromatic N) is 1. The van der Waals surface area contributed by atoms with Gasteiger partial charge in [0.25, 0.3) is 0 Å². The molecule has 0 radical (unpaired) electrons. The van der Waals surface area contributed by atoms with Crippen molar-refractivity contribution in [2.24, 2.45) is 0 Å². The molecule has 1 aliphatic heterocycles. The van der Waals surface area contributed by atoms with Crippen LogP contribution in [0.3, 0.4) is 0 Å². The summed E-state index contributed by atoms with van der Waals surface area (Å²) < 4.78 is 46.5. The predicted molar refractivity (Wildman–Crippen MR) is 125 cm³/mol. The zero-order valence-corrected chi connectivity index (χ0v) is 19.5. The second-order valence-electron chi connectivity index (χ2n) is 8.12. The zero-order chi connectivity index (χ0) is 24.1. The number of nitrogens with one attached hydrogen (secondary N) is 2. The fraction of sp³-hybridized carbons (Fsp3) is 0.280. The van der Waals surface area contributed by atoms with Crippen LogP contribution in [0.4, 0.5) is 4.39 Å². The van der Waals surface area contributed by atoms with Gasteiger partial charge in [0.05, 0.1) is 16.6 Å². The molecule has 0 bridgehead atoms. The van der Waals surface area contributed by atoms with E-state index in [1.54, 1.807) is 30.5 Å². The molecular weight excluding hydrogens is 457 g/mol. The monoisotopic (exact) mass is 483 g/mol. The predicted octanol–water partition coefficient (Wildman–Crippen LogP) is 3.70. The number of aromatic nitrogens is 1. The highest BCUT2D eigenvalue weighted by Crippen LogP contribution is 2.31. The SMILES string of the molecule is C[C@@H](Oc1cccc([C@@H](NC(=O)C2CCCN2)S(=O)(=O)c2ccc(F)cc2)c1)c1ccccn1. The van der Waals surface area contributed by atoms with Crippen molar-refractivity contribution in [2.75, 3.05) is 6.54 Å². The number of rotatable bonds is 8. The Bertz CT molecular complexity index is 1230. The standard InChI is InChI=1S/C25H26FN3O4S/c1-17(22-8-2-3-14-27-22)33-20-7-4-6-18(16-20)25(29-24(30)23-9-5-15-28-23)34(31,32)21-12-10-19(26)11-13-21/h2-4,6-8,10-14,16-17,23,25,28H,5,9,15H2,1H3,(H,29,30)/t17-,23?,25+/m1/s1. The van der Waals surface area contributed by atoms with E-state index in [0.717, 1.165) is 24.2 Å². The van der Waals surface area contributed by atoms with Crippen LogP contribution in [0.2, 0.25) is 0 Å². The molecule has 2 aromatic carbocycles. The van der Waals surface area contributed by atoms with Gasteiger partial charge >= 0.3 is 0 Å². The summed E-state index contributed by atoms with van der Waals surface area (Å²) in [6, 6.07) is 16.2. The second-order valence-corrected chi connectivity index (χ2v) is 10.2. The van der Waals surface area contributed by atoms with E-state index in [0.29, 0.717) is 24.3 Å².